The molecule has 7 nitrogen and oxygen atoms in total. The van der Waals surface area contributed by atoms with Crippen molar-refractivity contribution in [2.24, 2.45) is 4.99 Å². The molecule has 0 saturated carbocycles. The summed E-state index contributed by atoms with van der Waals surface area (Å²) >= 11 is 0. The first-order chi connectivity index (χ1) is 13.2. The van der Waals surface area contributed by atoms with Crippen LogP contribution in [0.25, 0.3) is 0 Å². The molecule has 1 saturated heterocycles. The van der Waals surface area contributed by atoms with Crippen LogP contribution in [0.1, 0.15) is 20.3 Å². The van der Waals surface area contributed by atoms with E-state index >= 15 is 0 Å². The van der Waals surface area contributed by atoms with Crippen LogP contribution in [0.2, 0.25) is 0 Å². The summed E-state index contributed by atoms with van der Waals surface area (Å²) in [6.07, 6.45) is 0.898. The van der Waals surface area contributed by atoms with Crippen LogP contribution in [-0.2, 0) is 4.74 Å². The Hall–Kier alpha value is -1.99. The number of benzene rings is 1. The molecule has 27 heavy (non-hydrogen) atoms. The lowest BCUT2D eigenvalue weighted by Crippen LogP contribution is -2.44. The number of hydrogen-bond acceptors (Lipinski definition) is 5. The van der Waals surface area contributed by atoms with E-state index in [-0.39, 0.29) is 0 Å². The number of morpholine rings is 1. The highest BCUT2D eigenvalue weighted by Gasteiger charge is 2.16. The van der Waals surface area contributed by atoms with Crippen LogP contribution in [0.3, 0.4) is 0 Å². The molecule has 1 aromatic carbocycles. The minimum absolute atomic E-state index is 0.419. The quantitative estimate of drug-likeness (QED) is 0.367. The molecule has 2 rings (SSSR count). The number of methoxy groups -OCH3 is 1. The van der Waals surface area contributed by atoms with E-state index in [9.17, 15) is 0 Å². The highest BCUT2D eigenvalue weighted by Crippen LogP contribution is 2.16. The van der Waals surface area contributed by atoms with Gasteiger partial charge in [-0.3, -0.25) is 9.89 Å². The Morgan fingerprint density at radius 1 is 1.19 bits per heavy atom. The summed E-state index contributed by atoms with van der Waals surface area (Å²) in [6, 6.07) is 8.07. The van der Waals surface area contributed by atoms with Gasteiger partial charge >= 0.3 is 0 Å². The third kappa shape index (κ3) is 8.05. The Bertz CT molecular complexity index is 545. The van der Waals surface area contributed by atoms with E-state index in [1.54, 1.807) is 7.11 Å². The maximum Gasteiger partial charge on any atom is 0.191 e. The number of aliphatic imine (C=N–C) groups is 1. The molecule has 1 atom stereocenters. The average Bonchev–Trinajstić information content (AvgIpc) is 2.72. The third-order valence-electron chi connectivity index (χ3n) is 4.47. The first-order valence-corrected chi connectivity index (χ1v) is 9.83. The Labute approximate surface area is 163 Å². The Balaban J connectivity index is 1.66. The second-order valence-corrected chi connectivity index (χ2v) is 6.52. The zero-order valence-corrected chi connectivity index (χ0v) is 16.9. The van der Waals surface area contributed by atoms with E-state index in [0.29, 0.717) is 12.6 Å². The predicted molar refractivity (Wildman–Crippen MR) is 109 cm³/mol. The highest BCUT2D eigenvalue weighted by molar-refractivity contribution is 5.79. The summed E-state index contributed by atoms with van der Waals surface area (Å²) in [4.78, 5) is 7.15. The lowest BCUT2D eigenvalue weighted by atomic mass is 10.2. The fourth-order valence-electron chi connectivity index (χ4n) is 2.84. The maximum atomic E-state index is 5.75. The SMILES string of the molecule is CCNC(=NCC(C)N1CCOCC1)NCCCOc1ccc(OC)cc1. The summed E-state index contributed by atoms with van der Waals surface area (Å²) in [7, 11) is 1.66. The number of ether oxygens (including phenoxy) is 3. The second-order valence-electron chi connectivity index (χ2n) is 6.52. The minimum Gasteiger partial charge on any atom is -0.497 e. The van der Waals surface area contributed by atoms with Crippen LogP contribution >= 0.6 is 0 Å². The Morgan fingerprint density at radius 3 is 2.56 bits per heavy atom. The molecule has 1 aromatic rings. The van der Waals surface area contributed by atoms with E-state index in [4.69, 9.17) is 19.2 Å². The van der Waals surface area contributed by atoms with Crippen molar-refractivity contribution in [3.05, 3.63) is 24.3 Å². The number of hydrogen-bond donors (Lipinski definition) is 2. The fraction of sp³-hybridized carbons (Fsp3) is 0.650. The van der Waals surface area contributed by atoms with E-state index in [1.165, 1.54) is 0 Å². The first-order valence-electron chi connectivity index (χ1n) is 9.83. The molecule has 1 fully saturated rings. The molecule has 0 aliphatic carbocycles. The van der Waals surface area contributed by atoms with Crippen LogP contribution in [-0.4, -0.2) is 76.6 Å². The molecule has 1 unspecified atom stereocenters. The lowest BCUT2D eigenvalue weighted by Gasteiger charge is -2.31. The van der Waals surface area contributed by atoms with Gasteiger partial charge in [0.05, 0.1) is 33.5 Å². The van der Waals surface area contributed by atoms with E-state index in [0.717, 1.165) is 69.8 Å². The summed E-state index contributed by atoms with van der Waals surface area (Å²) in [5, 5.41) is 6.68. The number of guanidine groups is 1. The van der Waals surface area contributed by atoms with Crippen molar-refractivity contribution in [1.82, 2.24) is 15.5 Å². The van der Waals surface area contributed by atoms with E-state index in [1.807, 2.05) is 24.3 Å². The standard InChI is InChI=1S/C20H34N4O3/c1-4-21-20(23-16-17(2)24-11-14-26-15-12-24)22-10-5-13-27-19-8-6-18(25-3)7-9-19/h6-9,17H,4-5,10-16H2,1-3H3,(H2,21,22,23). The van der Waals surface area contributed by atoms with Crippen molar-refractivity contribution < 1.29 is 14.2 Å². The predicted octanol–water partition coefficient (Wildman–Crippen LogP) is 1.74. The van der Waals surface area contributed by atoms with Gasteiger partial charge in [0.1, 0.15) is 11.5 Å². The van der Waals surface area contributed by atoms with E-state index < -0.39 is 0 Å². The zero-order chi connectivity index (χ0) is 19.3. The van der Waals surface area contributed by atoms with Gasteiger partial charge in [-0.15, -0.1) is 0 Å². The summed E-state index contributed by atoms with van der Waals surface area (Å²) in [5.41, 5.74) is 0. The molecular formula is C20H34N4O3. The molecule has 2 N–H and O–H groups in total. The van der Waals surface area contributed by atoms with Crippen molar-refractivity contribution in [3.8, 4) is 11.5 Å². The number of rotatable bonds is 10. The average molecular weight is 379 g/mol. The van der Waals surface area contributed by atoms with Crippen LogP contribution in [0.15, 0.2) is 29.3 Å². The molecule has 0 spiro atoms. The lowest BCUT2D eigenvalue weighted by molar-refractivity contribution is 0.0220. The number of nitrogens with one attached hydrogen (secondary N) is 2. The molecule has 1 aliphatic rings. The monoisotopic (exact) mass is 378 g/mol. The molecule has 152 valence electrons. The Morgan fingerprint density at radius 2 is 1.89 bits per heavy atom. The topological polar surface area (TPSA) is 67.4 Å². The Kier molecular flexibility index (Phi) is 9.79. The highest BCUT2D eigenvalue weighted by atomic mass is 16.5. The van der Waals surface area contributed by atoms with Gasteiger partial charge in [0.2, 0.25) is 0 Å². The van der Waals surface area contributed by atoms with Crippen LogP contribution in [0.5, 0.6) is 11.5 Å². The minimum atomic E-state index is 0.419. The molecular weight excluding hydrogens is 344 g/mol. The van der Waals surface area contributed by atoms with E-state index in [2.05, 4.69) is 29.4 Å². The van der Waals surface area contributed by atoms with Crippen molar-refractivity contribution >= 4 is 5.96 Å². The number of nitrogens with zero attached hydrogens (tertiary/aromatic N) is 2. The molecule has 1 heterocycles. The third-order valence-corrected chi connectivity index (χ3v) is 4.47. The van der Waals surface area contributed by atoms with Gasteiger partial charge in [-0.1, -0.05) is 0 Å². The van der Waals surface area contributed by atoms with Gasteiger partial charge in [-0.2, -0.15) is 0 Å². The smallest absolute Gasteiger partial charge is 0.191 e. The molecule has 0 bridgehead atoms. The van der Waals surface area contributed by atoms with Gasteiger partial charge in [-0.25, -0.2) is 0 Å². The van der Waals surface area contributed by atoms with Crippen molar-refractivity contribution in [1.29, 1.82) is 0 Å². The van der Waals surface area contributed by atoms with Crippen molar-refractivity contribution in [2.75, 3.05) is 59.7 Å². The van der Waals surface area contributed by atoms with Gasteiger partial charge in [0.15, 0.2) is 5.96 Å². The summed E-state index contributed by atoms with van der Waals surface area (Å²) < 4.78 is 16.3. The fourth-order valence-corrected chi connectivity index (χ4v) is 2.84. The summed E-state index contributed by atoms with van der Waals surface area (Å²) in [6.45, 7) is 11.0. The molecule has 0 radical (unpaired) electrons. The normalized spacial score (nSPS) is 16.6. The maximum absolute atomic E-state index is 5.75. The summed E-state index contributed by atoms with van der Waals surface area (Å²) in [5.74, 6) is 2.56. The van der Waals surface area contributed by atoms with Crippen molar-refractivity contribution in [2.45, 2.75) is 26.3 Å². The van der Waals surface area contributed by atoms with Gasteiger partial charge in [0, 0.05) is 32.2 Å². The molecule has 0 amide bonds. The van der Waals surface area contributed by atoms with Crippen molar-refractivity contribution in [3.63, 3.8) is 0 Å². The van der Waals surface area contributed by atoms with Crippen LogP contribution in [0.4, 0.5) is 0 Å². The van der Waals surface area contributed by atoms with Gasteiger partial charge < -0.3 is 24.8 Å². The van der Waals surface area contributed by atoms with Crippen LogP contribution in [0, 0.1) is 0 Å². The molecule has 0 aromatic heterocycles. The van der Waals surface area contributed by atoms with Gasteiger partial charge in [-0.05, 0) is 44.5 Å². The molecule has 1 aliphatic heterocycles. The largest absolute Gasteiger partial charge is 0.497 e. The zero-order valence-electron chi connectivity index (χ0n) is 16.9. The second kappa shape index (κ2) is 12.4. The van der Waals surface area contributed by atoms with Gasteiger partial charge in [0.25, 0.3) is 0 Å². The van der Waals surface area contributed by atoms with Crippen LogP contribution < -0.4 is 20.1 Å². The first kappa shape index (κ1) is 21.3. The molecule has 7 heteroatoms.